The van der Waals surface area contributed by atoms with Crippen molar-refractivity contribution in [2.24, 2.45) is 0 Å². The Labute approximate surface area is 157 Å². The van der Waals surface area contributed by atoms with E-state index >= 15 is 0 Å². The molecule has 2 aromatic rings. The summed E-state index contributed by atoms with van der Waals surface area (Å²) < 4.78 is 30.9. The number of pyridine rings is 1. The predicted molar refractivity (Wildman–Crippen MR) is 98.4 cm³/mol. The molecule has 9 nitrogen and oxygen atoms in total. The Hall–Kier alpha value is -3.16. The highest BCUT2D eigenvalue weighted by molar-refractivity contribution is 7.89. The molecule has 0 aliphatic heterocycles. The average Bonchev–Trinajstić information content (AvgIpc) is 2.66. The highest BCUT2D eigenvalue weighted by Crippen LogP contribution is 2.22. The van der Waals surface area contributed by atoms with Crippen molar-refractivity contribution in [2.45, 2.75) is 18.4 Å². The van der Waals surface area contributed by atoms with Gasteiger partial charge in [-0.15, -0.1) is 0 Å². The van der Waals surface area contributed by atoms with Gasteiger partial charge in [0.05, 0.1) is 17.2 Å². The Balaban J connectivity index is 2.13. The van der Waals surface area contributed by atoms with E-state index in [1.807, 2.05) is 6.07 Å². The van der Waals surface area contributed by atoms with Crippen LogP contribution in [0.2, 0.25) is 0 Å². The highest BCUT2D eigenvalue weighted by Gasteiger charge is 2.16. The van der Waals surface area contributed by atoms with Crippen LogP contribution in [0.5, 0.6) is 5.88 Å². The molecule has 0 saturated carbocycles. The van der Waals surface area contributed by atoms with Gasteiger partial charge in [0, 0.05) is 6.54 Å². The lowest BCUT2D eigenvalue weighted by atomic mass is 10.2. The molecule has 4 N–H and O–H groups in total. The van der Waals surface area contributed by atoms with Crippen LogP contribution in [0.15, 0.2) is 35.2 Å². The Bertz CT molecular complexity index is 982. The van der Waals surface area contributed by atoms with Crippen molar-refractivity contribution in [3.05, 3.63) is 47.2 Å². The van der Waals surface area contributed by atoms with Crippen LogP contribution in [0.3, 0.4) is 0 Å². The average molecular weight is 389 g/mol. The van der Waals surface area contributed by atoms with Crippen molar-refractivity contribution >= 4 is 21.6 Å². The number of hydrogen-bond donors (Lipinski definition) is 3. The van der Waals surface area contributed by atoms with Crippen molar-refractivity contribution in [3.63, 3.8) is 0 Å². The number of amides is 1. The first kappa shape index (κ1) is 20.2. The van der Waals surface area contributed by atoms with Crippen LogP contribution in [0.25, 0.3) is 0 Å². The zero-order chi connectivity index (χ0) is 20.0. The second-order valence-electron chi connectivity index (χ2n) is 5.36. The normalized spacial score (nSPS) is 10.9. The van der Waals surface area contributed by atoms with Crippen LogP contribution in [-0.4, -0.2) is 33.0 Å². The summed E-state index contributed by atoms with van der Waals surface area (Å²) in [6, 6.07) is 9.27. The van der Waals surface area contributed by atoms with Crippen molar-refractivity contribution in [2.75, 3.05) is 19.4 Å². The first-order valence-electron chi connectivity index (χ1n) is 7.96. The van der Waals surface area contributed by atoms with E-state index in [4.69, 9.17) is 15.7 Å². The number of nitrogens with one attached hydrogen (secondary N) is 2. The van der Waals surface area contributed by atoms with Crippen molar-refractivity contribution in [1.29, 1.82) is 5.26 Å². The number of nitrogens with zero attached hydrogens (tertiary/aromatic N) is 2. The number of rotatable bonds is 7. The predicted octanol–water partition coefficient (Wildman–Crippen LogP) is 0.772. The molecule has 0 atom stereocenters. The third kappa shape index (κ3) is 4.72. The largest absolute Gasteiger partial charge is 0.477 e. The van der Waals surface area contributed by atoms with E-state index in [2.05, 4.69) is 15.0 Å². The quantitative estimate of drug-likeness (QED) is 0.633. The monoisotopic (exact) mass is 389 g/mol. The second kappa shape index (κ2) is 8.48. The van der Waals surface area contributed by atoms with Crippen molar-refractivity contribution in [3.8, 4) is 11.9 Å². The summed E-state index contributed by atoms with van der Waals surface area (Å²) in [5, 5.41) is 11.8. The topological polar surface area (TPSA) is 147 Å². The van der Waals surface area contributed by atoms with Gasteiger partial charge in [-0.1, -0.05) is 12.1 Å². The fourth-order valence-electron chi connectivity index (χ4n) is 2.19. The number of carbonyl (C=O) groups is 1. The summed E-state index contributed by atoms with van der Waals surface area (Å²) in [7, 11) is -2.18. The van der Waals surface area contributed by atoms with Gasteiger partial charge in [0.25, 0.3) is 5.91 Å². The molecule has 2 rings (SSSR count). The summed E-state index contributed by atoms with van der Waals surface area (Å²) in [5.74, 6) is -0.495. The number of nitrogens with two attached hydrogens (primary N) is 1. The first-order chi connectivity index (χ1) is 12.8. The maximum Gasteiger partial charge on any atom is 0.270 e. The summed E-state index contributed by atoms with van der Waals surface area (Å²) in [4.78, 5) is 16.5. The fraction of sp³-hybridized carbons (Fsp3) is 0.235. The molecular formula is C17H19N5O4S. The number of aromatic nitrogens is 1. The van der Waals surface area contributed by atoms with Crippen LogP contribution in [0.4, 0.5) is 5.69 Å². The van der Waals surface area contributed by atoms with E-state index in [0.717, 1.165) is 0 Å². The van der Waals surface area contributed by atoms with Crippen LogP contribution in [-0.2, 0) is 16.6 Å². The number of anilines is 1. The minimum absolute atomic E-state index is 0.00627. The highest BCUT2D eigenvalue weighted by atomic mass is 32.2. The van der Waals surface area contributed by atoms with Gasteiger partial charge < -0.3 is 15.8 Å². The molecule has 142 valence electrons. The first-order valence-corrected chi connectivity index (χ1v) is 9.44. The fourth-order valence-corrected chi connectivity index (χ4v) is 2.92. The molecule has 0 saturated heterocycles. The van der Waals surface area contributed by atoms with Gasteiger partial charge >= 0.3 is 0 Å². The molecule has 0 fully saturated rings. The number of benzene rings is 1. The summed E-state index contributed by atoms with van der Waals surface area (Å²) >= 11 is 0. The van der Waals surface area contributed by atoms with E-state index in [1.54, 1.807) is 19.1 Å². The molecule has 0 radical (unpaired) electrons. The molecule has 0 aliphatic carbocycles. The van der Waals surface area contributed by atoms with Crippen LogP contribution >= 0.6 is 0 Å². The molecule has 0 bridgehead atoms. The molecule has 1 amide bonds. The van der Waals surface area contributed by atoms with Gasteiger partial charge in [0.2, 0.25) is 15.9 Å². The molecule has 27 heavy (non-hydrogen) atoms. The summed E-state index contributed by atoms with van der Waals surface area (Å²) in [6.07, 6.45) is 0. The van der Waals surface area contributed by atoms with Crippen molar-refractivity contribution in [1.82, 2.24) is 15.0 Å². The second-order valence-corrected chi connectivity index (χ2v) is 7.24. The maximum atomic E-state index is 12.3. The van der Waals surface area contributed by atoms with E-state index in [1.165, 1.54) is 25.2 Å². The number of nitriles is 1. The Morgan fingerprint density at radius 1 is 1.33 bits per heavy atom. The zero-order valence-corrected chi connectivity index (χ0v) is 15.6. The third-order valence-electron chi connectivity index (χ3n) is 3.60. The minimum atomic E-state index is -3.51. The Morgan fingerprint density at radius 2 is 2.00 bits per heavy atom. The number of carbonyl (C=O) groups excluding carboxylic acids is 1. The summed E-state index contributed by atoms with van der Waals surface area (Å²) in [6.45, 7) is 2.15. The van der Waals surface area contributed by atoms with Gasteiger partial charge in [-0.25, -0.2) is 18.1 Å². The number of nitrogen functional groups attached to an aromatic ring is 1. The lowest BCUT2D eigenvalue weighted by Crippen LogP contribution is -2.24. The standard InChI is InChI=1S/C17H19N5O4S/c1-3-26-17-13(9-18)14(19)8-15(22-17)16(23)21-10-11-4-6-12(7-5-11)27(24,25)20-2/h4-8,20H,3,10H2,1-2H3,(H2,19,22)(H,21,23). The van der Waals surface area contributed by atoms with Crippen LogP contribution < -0.4 is 20.5 Å². The van der Waals surface area contributed by atoms with Crippen molar-refractivity contribution < 1.29 is 17.9 Å². The van der Waals surface area contributed by atoms with E-state index in [0.29, 0.717) is 5.56 Å². The molecule has 10 heteroatoms. The third-order valence-corrected chi connectivity index (χ3v) is 5.03. The van der Waals surface area contributed by atoms with Gasteiger partial charge in [0.15, 0.2) is 0 Å². The lowest BCUT2D eigenvalue weighted by Gasteiger charge is -2.10. The van der Waals surface area contributed by atoms with Gasteiger partial charge in [0.1, 0.15) is 17.3 Å². The van der Waals surface area contributed by atoms with Gasteiger partial charge in [-0.3, -0.25) is 4.79 Å². The van der Waals surface area contributed by atoms with E-state index < -0.39 is 15.9 Å². The van der Waals surface area contributed by atoms with E-state index in [-0.39, 0.29) is 40.9 Å². The number of ether oxygens (including phenoxy) is 1. The molecule has 0 spiro atoms. The molecular weight excluding hydrogens is 370 g/mol. The molecule has 0 aliphatic rings. The number of hydrogen-bond acceptors (Lipinski definition) is 7. The summed E-state index contributed by atoms with van der Waals surface area (Å²) in [5.41, 5.74) is 6.69. The Kier molecular flexibility index (Phi) is 6.33. The molecule has 1 aromatic heterocycles. The van der Waals surface area contributed by atoms with Crippen LogP contribution in [0, 0.1) is 11.3 Å². The lowest BCUT2D eigenvalue weighted by molar-refractivity contribution is 0.0944. The zero-order valence-electron chi connectivity index (χ0n) is 14.8. The number of sulfonamides is 1. The van der Waals surface area contributed by atoms with Crippen LogP contribution in [0.1, 0.15) is 28.5 Å². The van der Waals surface area contributed by atoms with Gasteiger partial charge in [-0.05, 0) is 37.7 Å². The maximum absolute atomic E-state index is 12.3. The van der Waals surface area contributed by atoms with Gasteiger partial charge in [-0.2, -0.15) is 5.26 Å². The molecule has 1 aromatic carbocycles. The molecule has 1 heterocycles. The SMILES string of the molecule is CCOc1nc(C(=O)NCc2ccc(S(=O)(=O)NC)cc2)cc(N)c1C#N. The molecule has 0 unspecified atom stereocenters. The smallest absolute Gasteiger partial charge is 0.270 e. The van der Waals surface area contributed by atoms with E-state index in [9.17, 15) is 13.2 Å². The minimum Gasteiger partial charge on any atom is -0.477 e. The Morgan fingerprint density at radius 3 is 2.56 bits per heavy atom.